The van der Waals surface area contributed by atoms with Crippen molar-refractivity contribution in [2.45, 2.75) is 6.04 Å². The minimum atomic E-state index is -0.204. The molecule has 1 unspecified atom stereocenters. The molecular formula is C15H18N4O. The molecule has 0 bridgehead atoms. The van der Waals surface area contributed by atoms with Crippen LogP contribution < -0.4 is 10.6 Å². The molecule has 1 fully saturated rings. The van der Waals surface area contributed by atoms with Crippen LogP contribution in [0.1, 0.15) is 17.4 Å². The Kier molecular flexibility index (Phi) is 3.52. The number of nitrogens with one attached hydrogen (secondary N) is 2. The number of hydrogen-bond acceptors (Lipinski definition) is 3. The summed E-state index contributed by atoms with van der Waals surface area (Å²) in [6.45, 7) is 1.52. The SMILES string of the molecule is Cn1ccnc1C(NC(=O)C1CNC1)c1ccccc1. The van der Waals surface area contributed by atoms with Gasteiger partial charge >= 0.3 is 0 Å². The van der Waals surface area contributed by atoms with Gasteiger partial charge in [-0.1, -0.05) is 30.3 Å². The first kappa shape index (κ1) is 12.9. The van der Waals surface area contributed by atoms with Crippen LogP contribution in [-0.4, -0.2) is 28.5 Å². The number of nitrogens with zero attached hydrogens (tertiary/aromatic N) is 2. The van der Waals surface area contributed by atoms with Crippen molar-refractivity contribution in [3.63, 3.8) is 0 Å². The molecule has 20 heavy (non-hydrogen) atoms. The molecule has 5 nitrogen and oxygen atoms in total. The van der Waals surface area contributed by atoms with Crippen LogP contribution in [0.4, 0.5) is 0 Å². The standard InChI is InChI=1S/C15H18N4O/c1-19-8-7-17-14(19)13(11-5-3-2-4-6-11)18-15(20)12-9-16-10-12/h2-8,12-13,16H,9-10H2,1H3,(H,18,20). The zero-order valence-electron chi connectivity index (χ0n) is 11.4. The van der Waals surface area contributed by atoms with Gasteiger partial charge in [0.2, 0.25) is 5.91 Å². The maximum atomic E-state index is 12.2. The molecule has 2 heterocycles. The van der Waals surface area contributed by atoms with Gasteiger partial charge in [0, 0.05) is 32.5 Å². The molecule has 0 aliphatic carbocycles. The van der Waals surface area contributed by atoms with E-state index in [-0.39, 0.29) is 17.9 Å². The molecule has 0 saturated carbocycles. The van der Waals surface area contributed by atoms with E-state index in [4.69, 9.17) is 0 Å². The lowest BCUT2D eigenvalue weighted by atomic mass is 10.00. The van der Waals surface area contributed by atoms with Crippen LogP contribution in [0, 0.1) is 5.92 Å². The molecule has 1 aromatic heterocycles. The van der Waals surface area contributed by atoms with E-state index in [1.165, 1.54) is 0 Å². The van der Waals surface area contributed by atoms with Gasteiger partial charge in [0.05, 0.1) is 5.92 Å². The number of aryl methyl sites for hydroxylation is 1. The fraction of sp³-hybridized carbons (Fsp3) is 0.333. The summed E-state index contributed by atoms with van der Waals surface area (Å²) in [6, 6.07) is 9.74. The van der Waals surface area contributed by atoms with Gasteiger partial charge in [-0.15, -0.1) is 0 Å². The van der Waals surface area contributed by atoms with Gasteiger partial charge in [0.1, 0.15) is 11.9 Å². The third-order valence-corrected chi connectivity index (χ3v) is 3.69. The third-order valence-electron chi connectivity index (χ3n) is 3.69. The molecule has 3 rings (SSSR count). The molecule has 1 atom stereocenters. The lowest BCUT2D eigenvalue weighted by Crippen LogP contribution is -2.51. The predicted octanol–water partition coefficient (Wildman–Crippen LogP) is 0.845. The lowest BCUT2D eigenvalue weighted by molar-refractivity contribution is -0.127. The molecule has 104 valence electrons. The van der Waals surface area contributed by atoms with E-state index < -0.39 is 0 Å². The quantitative estimate of drug-likeness (QED) is 0.866. The fourth-order valence-corrected chi connectivity index (χ4v) is 2.33. The number of benzene rings is 1. The average Bonchev–Trinajstić information content (AvgIpc) is 2.81. The van der Waals surface area contributed by atoms with Crippen molar-refractivity contribution in [3.8, 4) is 0 Å². The first-order valence-corrected chi connectivity index (χ1v) is 6.79. The summed E-state index contributed by atoms with van der Waals surface area (Å²) in [6.07, 6.45) is 3.64. The van der Waals surface area contributed by atoms with Gasteiger partial charge in [-0.25, -0.2) is 4.98 Å². The van der Waals surface area contributed by atoms with Gasteiger partial charge in [-0.3, -0.25) is 4.79 Å². The number of aromatic nitrogens is 2. The van der Waals surface area contributed by atoms with Gasteiger partial charge in [0.25, 0.3) is 0 Å². The van der Waals surface area contributed by atoms with E-state index in [2.05, 4.69) is 15.6 Å². The molecule has 0 radical (unpaired) electrons. The Morgan fingerprint density at radius 2 is 2.15 bits per heavy atom. The Bertz CT molecular complexity index is 589. The molecule has 1 amide bonds. The zero-order valence-corrected chi connectivity index (χ0v) is 11.4. The highest BCUT2D eigenvalue weighted by molar-refractivity contribution is 5.80. The Labute approximate surface area is 118 Å². The summed E-state index contributed by atoms with van der Waals surface area (Å²) in [5.74, 6) is 0.999. The predicted molar refractivity (Wildman–Crippen MR) is 76.0 cm³/mol. The van der Waals surface area contributed by atoms with Crippen molar-refractivity contribution in [2.24, 2.45) is 13.0 Å². The maximum Gasteiger partial charge on any atom is 0.226 e. The van der Waals surface area contributed by atoms with Crippen LogP contribution >= 0.6 is 0 Å². The van der Waals surface area contributed by atoms with Crippen LogP contribution in [0.15, 0.2) is 42.7 Å². The van der Waals surface area contributed by atoms with Gasteiger partial charge in [-0.05, 0) is 5.56 Å². The van der Waals surface area contributed by atoms with E-state index in [0.29, 0.717) is 0 Å². The number of hydrogen-bond donors (Lipinski definition) is 2. The second kappa shape index (κ2) is 5.46. The summed E-state index contributed by atoms with van der Waals surface area (Å²) in [7, 11) is 1.94. The van der Waals surface area contributed by atoms with Crippen LogP contribution in [0.3, 0.4) is 0 Å². The molecule has 1 aliphatic rings. The summed E-state index contributed by atoms with van der Waals surface area (Å²) >= 11 is 0. The summed E-state index contributed by atoms with van der Waals surface area (Å²) < 4.78 is 1.94. The third kappa shape index (κ3) is 2.44. The largest absolute Gasteiger partial charge is 0.342 e. The van der Waals surface area contributed by atoms with Crippen molar-refractivity contribution in [3.05, 3.63) is 54.1 Å². The Hall–Kier alpha value is -2.14. The number of carbonyl (C=O) groups excluding carboxylic acids is 1. The fourth-order valence-electron chi connectivity index (χ4n) is 2.33. The normalized spacial score (nSPS) is 16.4. The number of imidazole rings is 1. The second-order valence-electron chi connectivity index (χ2n) is 5.10. The second-order valence-corrected chi connectivity index (χ2v) is 5.10. The minimum Gasteiger partial charge on any atom is -0.342 e. The molecule has 0 spiro atoms. The van der Waals surface area contributed by atoms with Crippen LogP contribution in [-0.2, 0) is 11.8 Å². The van der Waals surface area contributed by atoms with Gasteiger partial charge < -0.3 is 15.2 Å². The zero-order chi connectivity index (χ0) is 13.9. The van der Waals surface area contributed by atoms with E-state index >= 15 is 0 Å². The van der Waals surface area contributed by atoms with Crippen molar-refractivity contribution in [1.82, 2.24) is 20.2 Å². The highest BCUT2D eigenvalue weighted by Crippen LogP contribution is 2.21. The molecule has 5 heteroatoms. The lowest BCUT2D eigenvalue weighted by Gasteiger charge is -2.28. The monoisotopic (exact) mass is 270 g/mol. The average molecular weight is 270 g/mol. The molecule has 1 saturated heterocycles. The van der Waals surface area contributed by atoms with Gasteiger partial charge in [0.15, 0.2) is 0 Å². The first-order valence-electron chi connectivity index (χ1n) is 6.79. The van der Waals surface area contributed by atoms with Crippen molar-refractivity contribution >= 4 is 5.91 Å². The molecule has 2 N–H and O–H groups in total. The smallest absolute Gasteiger partial charge is 0.226 e. The molecule has 2 aromatic rings. The Morgan fingerprint density at radius 3 is 2.70 bits per heavy atom. The number of carbonyl (C=O) groups is 1. The maximum absolute atomic E-state index is 12.2. The van der Waals surface area contributed by atoms with Gasteiger partial charge in [-0.2, -0.15) is 0 Å². The summed E-state index contributed by atoms with van der Waals surface area (Å²) in [5.41, 5.74) is 1.04. The van der Waals surface area contributed by atoms with E-state index in [0.717, 1.165) is 24.5 Å². The van der Waals surface area contributed by atoms with Crippen molar-refractivity contribution in [2.75, 3.05) is 13.1 Å². The number of rotatable bonds is 4. The Morgan fingerprint density at radius 1 is 1.40 bits per heavy atom. The van der Waals surface area contributed by atoms with Crippen LogP contribution in [0.25, 0.3) is 0 Å². The topological polar surface area (TPSA) is 59.0 Å². The number of amides is 1. The van der Waals surface area contributed by atoms with E-state index in [9.17, 15) is 4.79 Å². The first-order chi connectivity index (χ1) is 9.75. The van der Waals surface area contributed by atoms with Crippen LogP contribution in [0.2, 0.25) is 0 Å². The van der Waals surface area contributed by atoms with Crippen molar-refractivity contribution in [1.29, 1.82) is 0 Å². The van der Waals surface area contributed by atoms with Crippen molar-refractivity contribution < 1.29 is 4.79 Å². The van der Waals surface area contributed by atoms with Crippen LogP contribution in [0.5, 0.6) is 0 Å². The highest BCUT2D eigenvalue weighted by Gasteiger charge is 2.28. The highest BCUT2D eigenvalue weighted by atomic mass is 16.2. The van der Waals surface area contributed by atoms with E-state index in [1.54, 1.807) is 6.20 Å². The van der Waals surface area contributed by atoms with E-state index in [1.807, 2.05) is 48.1 Å². The summed E-state index contributed by atoms with van der Waals surface area (Å²) in [4.78, 5) is 16.6. The molecule has 1 aliphatic heterocycles. The summed E-state index contributed by atoms with van der Waals surface area (Å²) in [5, 5.41) is 6.24. The Balaban J connectivity index is 1.87. The molecular weight excluding hydrogens is 252 g/mol. The molecule has 1 aromatic carbocycles. The minimum absolute atomic E-state index is 0.0708.